The highest BCUT2D eigenvalue weighted by Crippen LogP contribution is 2.14. The first kappa shape index (κ1) is 14.6. The third-order valence-electron chi connectivity index (χ3n) is 3.31. The maximum Gasteiger partial charge on any atom is 0.163 e. The van der Waals surface area contributed by atoms with E-state index in [4.69, 9.17) is 12.2 Å². The van der Waals surface area contributed by atoms with Crippen LogP contribution in [0.25, 0.3) is 0 Å². The van der Waals surface area contributed by atoms with Crippen molar-refractivity contribution in [2.45, 2.75) is 26.7 Å². The van der Waals surface area contributed by atoms with E-state index in [0.717, 1.165) is 17.5 Å². The van der Waals surface area contributed by atoms with Gasteiger partial charge in [0.25, 0.3) is 0 Å². The SMILES string of the molecule is Cc1cc(C)cc(CCC(=O)c2ccccc2C=S)c1. The van der Waals surface area contributed by atoms with Gasteiger partial charge in [-0.15, -0.1) is 0 Å². The summed E-state index contributed by atoms with van der Waals surface area (Å²) in [6, 6.07) is 14.0. The first-order chi connectivity index (χ1) is 9.60. The van der Waals surface area contributed by atoms with Crippen LogP contribution in [0.1, 0.15) is 39.0 Å². The summed E-state index contributed by atoms with van der Waals surface area (Å²) < 4.78 is 0. The van der Waals surface area contributed by atoms with Gasteiger partial charge >= 0.3 is 0 Å². The van der Waals surface area contributed by atoms with Gasteiger partial charge in [-0.3, -0.25) is 4.79 Å². The van der Waals surface area contributed by atoms with E-state index in [1.54, 1.807) is 5.37 Å². The lowest BCUT2D eigenvalue weighted by molar-refractivity contribution is 0.0983. The Kier molecular flexibility index (Phi) is 4.80. The topological polar surface area (TPSA) is 17.1 Å². The molecule has 0 aliphatic carbocycles. The van der Waals surface area contributed by atoms with Gasteiger partial charge in [0.15, 0.2) is 5.78 Å². The minimum absolute atomic E-state index is 0.154. The number of Topliss-reactive ketones (excluding diaryl/α,β-unsaturated/α-hetero) is 1. The van der Waals surface area contributed by atoms with Crippen molar-refractivity contribution >= 4 is 23.4 Å². The fraction of sp³-hybridized carbons (Fsp3) is 0.222. The van der Waals surface area contributed by atoms with Crippen molar-refractivity contribution < 1.29 is 4.79 Å². The van der Waals surface area contributed by atoms with E-state index >= 15 is 0 Å². The lowest BCUT2D eigenvalue weighted by atomic mass is 9.98. The molecule has 1 nitrogen and oxygen atoms in total. The molecule has 2 rings (SSSR count). The molecule has 2 aromatic rings. The number of thiocarbonyl (C=S) groups is 1. The molecule has 0 aliphatic heterocycles. The molecule has 0 aliphatic rings. The number of rotatable bonds is 5. The fourth-order valence-corrected chi connectivity index (χ4v) is 2.67. The van der Waals surface area contributed by atoms with Gasteiger partial charge < -0.3 is 0 Å². The molecule has 2 aromatic carbocycles. The molecule has 0 amide bonds. The largest absolute Gasteiger partial charge is 0.294 e. The van der Waals surface area contributed by atoms with Crippen molar-refractivity contribution in [2.24, 2.45) is 0 Å². The van der Waals surface area contributed by atoms with Crippen molar-refractivity contribution in [3.8, 4) is 0 Å². The third kappa shape index (κ3) is 3.61. The van der Waals surface area contributed by atoms with E-state index < -0.39 is 0 Å². The summed E-state index contributed by atoms with van der Waals surface area (Å²) in [7, 11) is 0. The predicted octanol–water partition coefficient (Wildman–Crippen LogP) is 4.47. The van der Waals surface area contributed by atoms with E-state index in [1.165, 1.54) is 16.7 Å². The van der Waals surface area contributed by atoms with Gasteiger partial charge in [-0.2, -0.15) is 0 Å². The maximum absolute atomic E-state index is 12.3. The number of hydrogen-bond acceptors (Lipinski definition) is 2. The fourth-order valence-electron chi connectivity index (χ4n) is 2.46. The lowest BCUT2D eigenvalue weighted by Crippen LogP contribution is -2.04. The molecule has 2 heteroatoms. The molecule has 0 N–H and O–H groups in total. The van der Waals surface area contributed by atoms with Gasteiger partial charge in [-0.1, -0.05) is 65.8 Å². The Bertz CT molecular complexity index is 623. The molecule has 0 saturated heterocycles. The molecule has 0 heterocycles. The van der Waals surface area contributed by atoms with Crippen molar-refractivity contribution in [1.29, 1.82) is 0 Å². The maximum atomic E-state index is 12.3. The second kappa shape index (κ2) is 6.58. The van der Waals surface area contributed by atoms with Crippen LogP contribution in [-0.4, -0.2) is 11.2 Å². The van der Waals surface area contributed by atoms with Crippen LogP contribution in [0.2, 0.25) is 0 Å². The van der Waals surface area contributed by atoms with Crippen LogP contribution in [0.5, 0.6) is 0 Å². The van der Waals surface area contributed by atoms with E-state index in [2.05, 4.69) is 32.0 Å². The van der Waals surface area contributed by atoms with Gasteiger partial charge in [0, 0.05) is 17.4 Å². The van der Waals surface area contributed by atoms with Crippen LogP contribution in [0, 0.1) is 13.8 Å². The third-order valence-corrected chi connectivity index (χ3v) is 3.56. The smallest absolute Gasteiger partial charge is 0.163 e. The molecule has 102 valence electrons. The highest BCUT2D eigenvalue weighted by molar-refractivity contribution is 7.79. The standard InChI is InChI=1S/C18H18OS/c1-13-9-14(2)11-15(10-13)7-8-18(19)17-6-4-3-5-16(17)12-20/h3-6,9-12H,7-8H2,1-2H3. The summed E-state index contributed by atoms with van der Waals surface area (Å²) in [5, 5.41) is 1.57. The lowest BCUT2D eigenvalue weighted by Gasteiger charge is -2.06. The van der Waals surface area contributed by atoms with Gasteiger partial charge in [-0.05, 0) is 31.4 Å². The average Bonchev–Trinajstić information content (AvgIpc) is 2.43. The minimum atomic E-state index is 0.154. The molecule has 0 atom stereocenters. The van der Waals surface area contributed by atoms with Crippen molar-refractivity contribution in [3.05, 3.63) is 70.3 Å². The van der Waals surface area contributed by atoms with Gasteiger partial charge in [-0.25, -0.2) is 0 Å². The minimum Gasteiger partial charge on any atom is -0.294 e. The Hall–Kier alpha value is -1.80. The average molecular weight is 282 g/mol. The highest BCUT2D eigenvalue weighted by Gasteiger charge is 2.09. The Morgan fingerprint density at radius 2 is 1.75 bits per heavy atom. The monoisotopic (exact) mass is 282 g/mol. The zero-order valence-corrected chi connectivity index (χ0v) is 12.7. The number of benzene rings is 2. The van der Waals surface area contributed by atoms with Crippen LogP contribution in [-0.2, 0) is 6.42 Å². The second-order valence-corrected chi connectivity index (χ2v) is 5.36. The van der Waals surface area contributed by atoms with Crippen LogP contribution >= 0.6 is 12.2 Å². The summed E-state index contributed by atoms with van der Waals surface area (Å²) in [5.41, 5.74) is 5.27. The molecular weight excluding hydrogens is 264 g/mol. The number of ketones is 1. The Labute approximate surface area is 125 Å². The van der Waals surface area contributed by atoms with Crippen molar-refractivity contribution in [1.82, 2.24) is 0 Å². The molecule has 0 spiro atoms. The zero-order valence-electron chi connectivity index (χ0n) is 11.8. The molecule has 0 fully saturated rings. The molecule has 0 aromatic heterocycles. The molecule has 0 unspecified atom stereocenters. The normalized spacial score (nSPS) is 10.3. The molecule has 20 heavy (non-hydrogen) atoms. The van der Waals surface area contributed by atoms with Crippen LogP contribution in [0.15, 0.2) is 42.5 Å². The van der Waals surface area contributed by atoms with Gasteiger partial charge in [0.2, 0.25) is 0 Å². The first-order valence-corrected chi connectivity index (χ1v) is 7.22. The summed E-state index contributed by atoms with van der Waals surface area (Å²) in [5.74, 6) is 0.154. The zero-order chi connectivity index (χ0) is 14.5. The molecule has 0 bridgehead atoms. The molecular formula is C18H18OS. The second-order valence-electron chi connectivity index (χ2n) is 5.12. The Morgan fingerprint density at radius 3 is 2.40 bits per heavy atom. The van der Waals surface area contributed by atoms with E-state index in [9.17, 15) is 4.79 Å². The molecule has 0 radical (unpaired) electrons. The first-order valence-electron chi connectivity index (χ1n) is 6.75. The van der Waals surface area contributed by atoms with Gasteiger partial charge in [0.05, 0.1) is 0 Å². The van der Waals surface area contributed by atoms with E-state index in [-0.39, 0.29) is 5.78 Å². The summed E-state index contributed by atoms with van der Waals surface area (Å²) in [6.45, 7) is 4.17. The van der Waals surface area contributed by atoms with Gasteiger partial charge in [0.1, 0.15) is 0 Å². The Morgan fingerprint density at radius 1 is 1.10 bits per heavy atom. The van der Waals surface area contributed by atoms with Crippen LogP contribution in [0.3, 0.4) is 0 Å². The van der Waals surface area contributed by atoms with Crippen LogP contribution < -0.4 is 0 Å². The summed E-state index contributed by atoms with van der Waals surface area (Å²) in [6.07, 6.45) is 1.29. The Balaban J connectivity index is 2.10. The van der Waals surface area contributed by atoms with E-state index in [0.29, 0.717) is 6.42 Å². The van der Waals surface area contributed by atoms with Crippen molar-refractivity contribution in [2.75, 3.05) is 0 Å². The highest BCUT2D eigenvalue weighted by atomic mass is 32.1. The predicted molar refractivity (Wildman–Crippen MR) is 87.8 cm³/mol. The quantitative estimate of drug-likeness (QED) is 0.594. The molecule has 0 saturated carbocycles. The number of carbonyl (C=O) groups excluding carboxylic acids is 1. The summed E-state index contributed by atoms with van der Waals surface area (Å²) in [4.78, 5) is 12.3. The number of hydrogen-bond donors (Lipinski definition) is 0. The van der Waals surface area contributed by atoms with Crippen LogP contribution in [0.4, 0.5) is 0 Å². The van der Waals surface area contributed by atoms with E-state index in [1.807, 2.05) is 24.3 Å². The van der Waals surface area contributed by atoms with Crippen molar-refractivity contribution in [3.63, 3.8) is 0 Å². The summed E-state index contributed by atoms with van der Waals surface area (Å²) >= 11 is 4.96. The number of aryl methyl sites for hydroxylation is 3. The number of carbonyl (C=O) groups is 1.